The van der Waals surface area contributed by atoms with E-state index < -0.39 is 0 Å². The van der Waals surface area contributed by atoms with Crippen LogP contribution in [0.15, 0.2) is 18.3 Å². The molecule has 1 rings (SSSR count). The Morgan fingerprint density at radius 1 is 1.58 bits per heavy atom. The number of nitrogens with one attached hydrogen (secondary N) is 1. The molecule has 66 valence electrons. The predicted molar refractivity (Wildman–Crippen MR) is 46.1 cm³/mol. The fourth-order valence-corrected chi connectivity index (χ4v) is 0.769. The molecule has 0 unspecified atom stereocenters. The van der Waals surface area contributed by atoms with Crippen LogP contribution in [-0.2, 0) is 0 Å². The fraction of sp³-hybridized carbons (Fsp3) is 0.500. The normalized spacial score (nSPS) is 9.75. The third-order valence-corrected chi connectivity index (χ3v) is 1.33. The Morgan fingerprint density at radius 2 is 2.50 bits per heavy atom. The molecule has 4 nitrogen and oxygen atoms in total. The summed E-state index contributed by atoms with van der Waals surface area (Å²) in [6, 6.07) is 3.59. The molecule has 1 N–H and O–H groups in total. The maximum atomic E-state index is 5.27. The second-order valence-electron chi connectivity index (χ2n) is 2.26. The van der Waals surface area contributed by atoms with Crippen molar-refractivity contribution in [3.63, 3.8) is 0 Å². The van der Waals surface area contributed by atoms with Crippen molar-refractivity contribution >= 4 is 0 Å². The van der Waals surface area contributed by atoms with Crippen molar-refractivity contribution in [2.75, 3.05) is 19.7 Å². The standard InChI is InChI=1S/C8H13N3O/c1-2-9-6-7-12-8-4-3-5-10-11-8/h3-5,9H,2,6-7H2,1H3. The molecule has 0 spiro atoms. The summed E-state index contributed by atoms with van der Waals surface area (Å²) in [4.78, 5) is 0. The van der Waals surface area contributed by atoms with E-state index in [1.165, 1.54) is 0 Å². The van der Waals surface area contributed by atoms with Gasteiger partial charge in [0, 0.05) is 18.8 Å². The molecule has 0 saturated heterocycles. The van der Waals surface area contributed by atoms with E-state index in [9.17, 15) is 0 Å². The Morgan fingerprint density at radius 3 is 3.17 bits per heavy atom. The van der Waals surface area contributed by atoms with Crippen molar-refractivity contribution in [3.8, 4) is 5.88 Å². The van der Waals surface area contributed by atoms with Gasteiger partial charge in [-0.1, -0.05) is 6.92 Å². The van der Waals surface area contributed by atoms with Gasteiger partial charge in [-0.05, 0) is 12.6 Å². The Balaban J connectivity index is 2.16. The van der Waals surface area contributed by atoms with Crippen LogP contribution in [0.4, 0.5) is 0 Å². The Bertz CT molecular complexity index is 203. The van der Waals surface area contributed by atoms with Crippen molar-refractivity contribution in [1.82, 2.24) is 15.5 Å². The van der Waals surface area contributed by atoms with Crippen molar-refractivity contribution in [1.29, 1.82) is 0 Å². The summed E-state index contributed by atoms with van der Waals surface area (Å²) in [7, 11) is 0. The SMILES string of the molecule is CCNCCOc1cccnn1. The highest BCUT2D eigenvalue weighted by molar-refractivity contribution is 5.04. The van der Waals surface area contributed by atoms with E-state index in [1.54, 1.807) is 18.3 Å². The zero-order chi connectivity index (χ0) is 8.65. The molecule has 0 aliphatic carbocycles. The van der Waals surface area contributed by atoms with Crippen molar-refractivity contribution < 1.29 is 4.74 Å². The lowest BCUT2D eigenvalue weighted by Gasteiger charge is -2.03. The molecule has 0 aromatic carbocycles. The maximum absolute atomic E-state index is 5.27. The molecule has 0 radical (unpaired) electrons. The number of nitrogens with zero attached hydrogens (tertiary/aromatic N) is 2. The minimum atomic E-state index is 0.579. The molecule has 0 saturated carbocycles. The number of hydrogen-bond donors (Lipinski definition) is 1. The van der Waals surface area contributed by atoms with E-state index in [1.807, 2.05) is 0 Å². The summed E-state index contributed by atoms with van der Waals surface area (Å²) >= 11 is 0. The maximum Gasteiger partial charge on any atom is 0.233 e. The molecule has 0 amide bonds. The van der Waals surface area contributed by atoms with Gasteiger partial charge >= 0.3 is 0 Å². The highest BCUT2D eigenvalue weighted by Gasteiger charge is 1.91. The number of hydrogen-bond acceptors (Lipinski definition) is 4. The van der Waals surface area contributed by atoms with Gasteiger partial charge < -0.3 is 10.1 Å². The Labute approximate surface area is 72.0 Å². The summed E-state index contributed by atoms with van der Waals surface area (Å²) in [6.45, 7) is 4.49. The number of rotatable bonds is 5. The largest absolute Gasteiger partial charge is 0.475 e. The zero-order valence-electron chi connectivity index (χ0n) is 7.16. The van der Waals surface area contributed by atoms with Crippen LogP contribution >= 0.6 is 0 Å². The van der Waals surface area contributed by atoms with Crippen LogP contribution in [0.25, 0.3) is 0 Å². The summed E-state index contributed by atoms with van der Waals surface area (Å²) in [5.74, 6) is 0.579. The zero-order valence-corrected chi connectivity index (χ0v) is 7.16. The van der Waals surface area contributed by atoms with Crippen LogP contribution in [0.5, 0.6) is 5.88 Å². The minimum absolute atomic E-state index is 0.579. The molecular weight excluding hydrogens is 154 g/mol. The first-order valence-electron chi connectivity index (χ1n) is 4.04. The predicted octanol–water partition coefficient (Wildman–Crippen LogP) is 0.465. The Hall–Kier alpha value is -1.16. The lowest BCUT2D eigenvalue weighted by molar-refractivity contribution is 0.300. The van der Waals surface area contributed by atoms with Crippen LogP contribution in [0, 0.1) is 0 Å². The van der Waals surface area contributed by atoms with Gasteiger partial charge in [-0.25, -0.2) is 0 Å². The fourth-order valence-electron chi connectivity index (χ4n) is 0.769. The average molecular weight is 167 g/mol. The van der Waals surface area contributed by atoms with Gasteiger partial charge in [0.2, 0.25) is 5.88 Å². The first-order chi connectivity index (χ1) is 5.93. The van der Waals surface area contributed by atoms with Crippen LogP contribution < -0.4 is 10.1 Å². The van der Waals surface area contributed by atoms with Gasteiger partial charge in [0.05, 0.1) is 0 Å². The molecule has 12 heavy (non-hydrogen) atoms. The van der Waals surface area contributed by atoms with Crippen molar-refractivity contribution in [3.05, 3.63) is 18.3 Å². The highest BCUT2D eigenvalue weighted by atomic mass is 16.5. The molecule has 0 bridgehead atoms. The molecule has 1 aromatic heterocycles. The summed E-state index contributed by atoms with van der Waals surface area (Å²) in [5.41, 5.74) is 0. The number of likely N-dealkylation sites (N-methyl/N-ethyl adjacent to an activating group) is 1. The van der Waals surface area contributed by atoms with E-state index in [4.69, 9.17) is 4.74 Å². The first-order valence-corrected chi connectivity index (χ1v) is 4.04. The van der Waals surface area contributed by atoms with E-state index in [0.717, 1.165) is 13.1 Å². The van der Waals surface area contributed by atoms with Crippen LogP contribution in [0.1, 0.15) is 6.92 Å². The average Bonchev–Trinajstić information content (AvgIpc) is 2.14. The third-order valence-electron chi connectivity index (χ3n) is 1.33. The first kappa shape index (κ1) is 8.93. The van der Waals surface area contributed by atoms with Crippen LogP contribution in [0.2, 0.25) is 0 Å². The quantitative estimate of drug-likeness (QED) is 0.647. The topological polar surface area (TPSA) is 47.0 Å². The highest BCUT2D eigenvalue weighted by Crippen LogP contribution is 1.99. The van der Waals surface area contributed by atoms with Crippen LogP contribution in [-0.4, -0.2) is 29.9 Å². The molecule has 0 fully saturated rings. The summed E-state index contributed by atoms with van der Waals surface area (Å²) in [6.07, 6.45) is 1.62. The van der Waals surface area contributed by atoms with E-state index in [2.05, 4.69) is 22.4 Å². The van der Waals surface area contributed by atoms with Gasteiger partial charge in [-0.15, -0.1) is 5.10 Å². The molecule has 0 atom stereocenters. The molecule has 0 aliphatic heterocycles. The molecule has 4 heteroatoms. The molecule has 1 aromatic rings. The Kier molecular flexibility index (Phi) is 4.08. The van der Waals surface area contributed by atoms with Gasteiger partial charge in [0.1, 0.15) is 6.61 Å². The second kappa shape index (κ2) is 5.49. The summed E-state index contributed by atoms with van der Waals surface area (Å²) in [5, 5.41) is 10.6. The van der Waals surface area contributed by atoms with E-state index in [-0.39, 0.29) is 0 Å². The molecule has 1 heterocycles. The number of aromatic nitrogens is 2. The number of ether oxygens (including phenoxy) is 1. The van der Waals surface area contributed by atoms with Gasteiger partial charge in [0.25, 0.3) is 0 Å². The monoisotopic (exact) mass is 167 g/mol. The van der Waals surface area contributed by atoms with E-state index >= 15 is 0 Å². The smallest absolute Gasteiger partial charge is 0.233 e. The minimum Gasteiger partial charge on any atom is -0.475 e. The lowest BCUT2D eigenvalue weighted by Crippen LogP contribution is -2.20. The van der Waals surface area contributed by atoms with E-state index in [0.29, 0.717) is 12.5 Å². The van der Waals surface area contributed by atoms with Gasteiger partial charge in [-0.2, -0.15) is 5.10 Å². The van der Waals surface area contributed by atoms with Crippen molar-refractivity contribution in [2.24, 2.45) is 0 Å². The van der Waals surface area contributed by atoms with Gasteiger partial charge in [0.15, 0.2) is 0 Å². The van der Waals surface area contributed by atoms with Crippen LogP contribution in [0.3, 0.4) is 0 Å². The summed E-state index contributed by atoms with van der Waals surface area (Å²) < 4.78 is 5.27. The third kappa shape index (κ3) is 3.30. The molecule has 0 aliphatic rings. The van der Waals surface area contributed by atoms with Gasteiger partial charge in [-0.3, -0.25) is 0 Å². The van der Waals surface area contributed by atoms with Crippen molar-refractivity contribution in [2.45, 2.75) is 6.92 Å². The molecular formula is C8H13N3O. The second-order valence-corrected chi connectivity index (χ2v) is 2.26. The lowest BCUT2D eigenvalue weighted by atomic mass is 10.5.